The Hall–Kier alpha value is -4.70. The maximum atomic E-state index is 14.6. The second-order valence-corrected chi connectivity index (χ2v) is 18.8. The molecular weight excluding hydrogens is 727 g/mol. The zero-order valence-electron chi connectivity index (χ0n) is 33.7. The molecule has 4 saturated carbocycles. The molecule has 3 saturated heterocycles. The van der Waals surface area contributed by atoms with Crippen molar-refractivity contribution in [3.63, 3.8) is 0 Å². The van der Waals surface area contributed by atoms with E-state index in [1.807, 2.05) is 58.3 Å². The van der Waals surface area contributed by atoms with Gasteiger partial charge in [-0.2, -0.15) is 0 Å². The molecular formula is C48H59N5O5. The van der Waals surface area contributed by atoms with Crippen LogP contribution in [-0.4, -0.2) is 112 Å². The minimum atomic E-state index is -0.555. The van der Waals surface area contributed by atoms with Crippen LogP contribution in [0.5, 0.6) is 5.75 Å². The van der Waals surface area contributed by atoms with Crippen LogP contribution < -0.4 is 5.32 Å². The molecule has 7 aliphatic rings. The number of likely N-dealkylation sites (tertiary alicyclic amines) is 1. The van der Waals surface area contributed by atoms with Gasteiger partial charge in [-0.1, -0.05) is 72.8 Å². The minimum Gasteiger partial charge on any atom is -0.508 e. The molecule has 4 bridgehead atoms. The Morgan fingerprint density at radius 3 is 1.98 bits per heavy atom. The summed E-state index contributed by atoms with van der Waals surface area (Å²) < 4.78 is 0. The van der Waals surface area contributed by atoms with Crippen molar-refractivity contribution in [1.29, 1.82) is 0 Å². The number of nitrogens with one attached hydrogen (secondary N) is 1. The van der Waals surface area contributed by atoms with Gasteiger partial charge in [-0.05, 0) is 136 Å². The molecule has 10 heteroatoms. The lowest BCUT2D eigenvalue weighted by Crippen LogP contribution is -2.65. The smallest absolute Gasteiger partial charge is 0.312 e. The number of hydrogen-bond donors (Lipinski definition) is 2. The molecule has 58 heavy (non-hydrogen) atoms. The summed E-state index contributed by atoms with van der Waals surface area (Å²) >= 11 is 0. The number of phenols is 1. The van der Waals surface area contributed by atoms with Gasteiger partial charge in [0.05, 0.1) is 12.1 Å². The van der Waals surface area contributed by atoms with Crippen molar-refractivity contribution in [2.45, 2.75) is 101 Å². The molecule has 7 fully saturated rings. The van der Waals surface area contributed by atoms with Gasteiger partial charge in [0.25, 0.3) is 0 Å². The third-order valence-electron chi connectivity index (χ3n) is 14.8. The summed E-state index contributed by atoms with van der Waals surface area (Å²) in [6, 6.07) is 27.0. The van der Waals surface area contributed by atoms with Gasteiger partial charge in [-0.3, -0.25) is 24.1 Å². The molecule has 4 aliphatic carbocycles. The number of aromatic hydroxyl groups is 1. The summed E-state index contributed by atoms with van der Waals surface area (Å²) in [5.41, 5.74) is 3.54. The largest absolute Gasteiger partial charge is 0.508 e. The zero-order valence-corrected chi connectivity index (χ0v) is 33.7. The summed E-state index contributed by atoms with van der Waals surface area (Å²) in [6.45, 7) is 3.27. The number of carbonyl (C=O) groups excluding carboxylic acids is 4. The fraction of sp³-hybridized carbons (Fsp3) is 0.542. The van der Waals surface area contributed by atoms with Crippen LogP contribution in [0.3, 0.4) is 0 Å². The van der Waals surface area contributed by atoms with E-state index in [0.29, 0.717) is 52.0 Å². The minimum absolute atomic E-state index is 0.0200. The predicted molar refractivity (Wildman–Crippen MR) is 221 cm³/mol. The van der Waals surface area contributed by atoms with E-state index >= 15 is 0 Å². The number of benzene rings is 3. The Morgan fingerprint density at radius 2 is 1.31 bits per heavy atom. The maximum Gasteiger partial charge on any atom is 0.312 e. The summed E-state index contributed by atoms with van der Waals surface area (Å²) in [5, 5.41) is 12.9. The van der Waals surface area contributed by atoms with Gasteiger partial charge in [0, 0.05) is 44.8 Å². The predicted octanol–water partition coefficient (Wildman–Crippen LogP) is 5.23. The van der Waals surface area contributed by atoms with Crippen molar-refractivity contribution in [2.24, 2.45) is 23.2 Å². The Kier molecular flexibility index (Phi) is 11.0. The Balaban J connectivity index is 0.963. The molecule has 2 N–H and O–H groups in total. The Labute approximate surface area is 342 Å². The van der Waals surface area contributed by atoms with Crippen LogP contribution in [0.15, 0.2) is 84.9 Å². The number of rotatable bonds is 14. The molecule has 4 amide bonds. The Bertz CT molecular complexity index is 1920. The molecule has 0 spiro atoms. The molecule has 0 aromatic heterocycles. The van der Waals surface area contributed by atoms with Gasteiger partial charge in [0.15, 0.2) is 0 Å². The highest BCUT2D eigenvalue weighted by molar-refractivity contribution is 6.36. The molecule has 0 radical (unpaired) electrons. The average molecular weight is 786 g/mol. The first-order chi connectivity index (χ1) is 28.2. The fourth-order valence-corrected chi connectivity index (χ4v) is 12.4. The van der Waals surface area contributed by atoms with Crippen LogP contribution in [-0.2, 0) is 38.4 Å². The standard InChI is InChI=1S/C48H59N5O5/c54-43-15-13-35(14-16-43)25-42-32-53(47(58)46(57)51(42)19-17-48-26-36-20-37(27-48)22-38(21-36)28-48)41(24-34-10-5-2-6-11-34)30-50-18-7-12-39(50)31-52-40(29-49-44(55)45(52)56)23-33-8-3-1-4-9-33/h1-6,8-11,13-16,36-42,54H,7,12,17-32H2,(H,49,55)/t36?,37?,38?,39-,40-,41?,42-,48?/m0/s1. The topological polar surface area (TPSA) is 114 Å². The molecule has 306 valence electrons. The molecule has 3 aliphatic heterocycles. The second kappa shape index (κ2) is 16.5. The third-order valence-corrected chi connectivity index (χ3v) is 14.8. The van der Waals surface area contributed by atoms with Crippen molar-refractivity contribution >= 4 is 23.6 Å². The number of amides is 4. The van der Waals surface area contributed by atoms with Crippen molar-refractivity contribution in [2.75, 3.05) is 39.3 Å². The summed E-state index contributed by atoms with van der Waals surface area (Å²) in [6.07, 6.45) is 12.6. The first kappa shape index (κ1) is 38.8. The van der Waals surface area contributed by atoms with E-state index in [1.165, 1.54) is 38.5 Å². The highest BCUT2D eigenvalue weighted by atomic mass is 16.3. The quantitative estimate of drug-likeness (QED) is 0.217. The van der Waals surface area contributed by atoms with Crippen LogP contribution in [0, 0.1) is 23.2 Å². The van der Waals surface area contributed by atoms with Crippen LogP contribution in [0.25, 0.3) is 0 Å². The van der Waals surface area contributed by atoms with Gasteiger partial charge >= 0.3 is 23.6 Å². The van der Waals surface area contributed by atoms with Crippen LogP contribution in [0.2, 0.25) is 0 Å². The highest BCUT2D eigenvalue weighted by Gasteiger charge is 2.52. The average Bonchev–Trinajstić information content (AvgIpc) is 3.66. The van der Waals surface area contributed by atoms with Crippen molar-refractivity contribution in [1.82, 2.24) is 24.9 Å². The molecule has 10 rings (SSSR count). The monoisotopic (exact) mass is 785 g/mol. The highest BCUT2D eigenvalue weighted by Crippen LogP contribution is 2.61. The van der Waals surface area contributed by atoms with Gasteiger partial charge in [-0.25, -0.2) is 0 Å². The maximum absolute atomic E-state index is 14.6. The van der Waals surface area contributed by atoms with E-state index in [1.54, 1.807) is 17.0 Å². The van der Waals surface area contributed by atoms with Crippen LogP contribution >= 0.6 is 0 Å². The van der Waals surface area contributed by atoms with E-state index < -0.39 is 23.6 Å². The number of nitrogens with zero attached hydrogens (tertiary/aromatic N) is 4. The second-order valence-electron chi connectivity index (χ2n) is 18.8. The van der Waals surface area contributed by atoms with E-state index in [-0.39, 0.29) is 35.3 Å². The normalized spacial score (nSPS) is 30.3. The molecule has 4 atom stereocenters. The lowest BCUT2D eigenvalue weighted by molar-refractivity contribution is -0.162. The first-order valence-corrected chi connectivity index (χ1v) is 22.0. The first-order valence-electron chi connectivity index (χ1n) is 22.0. The molecule has 3 heterocycles. The summed E-state index contributed by atoms with van der Waals surface area (Å²) in [7, 11) is 0. The van der Waals surface area contributed by atoms with E-state index in [0.717, 1.165) is 60.3 Å². The number of piperazine rings is 2. The van der Waals surface area contributed by atoms with Crippen molar-refractivity contribution in [3.05, 3.63) is 102 Å². The van der Waals surface area contributed by atoms with Gasteiger partial charge in [-0.15, -0.1) is 0 Å². The fourth-order valence-electron chi connectivity index (χ4n) is 12.4. The summed E-state index contributed by atoms with van der Waals surface area (Å²) in [5.74, 6) is 0.812. The number of phenolic OH excluding ortho intramolecular Hbond substituents is 1. The summed E-state index contributed by atoms with van der Waals surface area (Å²) in [4.78, 5) is 63.3. The van der Waals surface area contributed by atoms with E-state index in [4.69, 9.17) is 0 Å². The van der Waals surface area contributed by atoms with Gasteiger partial charge in [0.1, 0.15) is 5.75 Å². The molecule has 3 aromatic rings. The van der Waals surface area contributed by atoms with Gasteiger partial charge in [0.2, 0.25) is 0 Å². The van der Waals surface area contributed by atoms with Gasteiger partial charge < -0.3 is 25.1 Å². The zero-order chi connectivity index (χ0) is 39.8. The lowest BCUT2D eigenvalue weighted by Gasteiger charge is -2.57. The lowest BCUT2D eigenvalue weighted by atomic mass is 9.49. The van der Waals surface area contributed by atoms with Crippen molar-refractivity contribution < 1.29 is 24.3 Å². The SMILES string of the molecule is O=C1NC[C@H](Cc2ccccc2)N(C[C@@H]2CCCN2CC(Cc2ccccc2)N2C[C@H](Cc3ccc(O)cc3)N(CCC34CC5CC(CC(C5)C3)C4)C(=O)C2=O)C1=O. The third kappa shape index (κ3) is 8.27. The Morgan fingerprint density at radius 1 is 0.690 bits per heavy atom. The van der Waals surface area contributed by atoms with Crippen LogP contribution in [0.4, 0.5) is 0 Å². The van der Waals surface area contributed by atoms with E-state index in [9.17, 15) is 24.3 Å². The molecule has 10 nitrogen and oxygen atoms in total. The van der Waals surface area contributed by atoms with E-state index in [2.05, 4.69) is 34.5 Å². The molecule has 3 aromatic carbocycles. The van der Waals surface area contributed by atoms with Crippen LogP contribution in [0.1, 0.15) is 74.5 Å². The number of hydrogen-bond acceptors (Lipinski definition) is 6. The van der Waals surface area contributed by atoms with Crippen molar-refractivity contribution in [3.8, 4) is 5.75 Å². The molecule has 1 unspecified atom stereocenters. The number of carbonyl (C=O) groups is 4.